The Morgan fingerprint density at radius 1 is 0.571 bits per heavy atom. The van der Waals surface area contributed by atoms with Gasteiger partial charge in [-0.25, -0.2) is 9.36 Å². The van der Waals surface area contributed by atoms with Crippen molar-refractivity contribution < 1.29 is 47.8 Å². The quantitative estimate of drug-likeness (QED) is 0.0202. The predicted octanol–water partition coefficient (Wildman–Crippen LogP) is 11.2. The second-order valence-corrected chi connectivity index (χ2v) is 16.3. The van der Waals surface area contributed by atoms with Gasteiger partial charge < -0.3 is 25.2 Å². The van der Waals surface area contributed by atoms with Gasteiger partial charge in [0, 0.05) is 12.8 Å². The first-order chi connectivity index (χ1) is 27.1. The third-order valence-corrected chi connectivity index (χ3v) is 10.4. The fraction of sp³-hybridized carbons (Fsp3) is 0.795. The van der Waals surface area contributed by atoms with Crippen molar-refractivity contribution >= 4 is 25.7 Å². The number of allylic oxidation sites excluding steroid dienone is 6. The molecule has 0 aliphatic carbocycles. The van der Waals surface area contributed by atoms with Crippen molar-refractivity contribution in [3.63, 3.8) is 0 Å². The number of carbonyl (C=O) groups is 3. The van der Waals surface area contributed by atoms with Crippen LogP contribution in [-0.4, -0.2) is 64.9 Å². The molecule has 0 aromatic heterocycles. The summed E-state index contributed by atoms with van der Waals surface area (Å²) in [7, 11) is -4.76. The van der Waals surface area contributed by atoms with E-state index in [0.717, 1.165) is 83.5 Å². The summed E-state index contributed by atoms with van der Waals surface area (Å²) in [6, 6.07) is -1.55. The molecular formula is C44H80NO10P. The number of carboxylic acids is 1. The molecule has 56 heavy (non-hydrogen) atoms. The topological polar surface area (TPSA) is 169 Å². The first kappa shape index (κ1) is 53.7. The molecular weight excluding hydrogens is 733 g/mol. The molecule has 0 aromatic carbocycles. The molecule has 0 radical (unpaired) electrons. The molecule has 3 atom stereocenters. The first-order valence-corrected chi connectivity index (χ1v) is 23.5. The number of phosphoric acid groups is 1. The Kier molecular flexibility index (Phi) is 37.9. The monoisotopic (exact) mass is 814 g/mol. The highest BCUT2D eigenvalue weighted by molar-refractivity contribution is 7.47. The number of carboxylic acid groups (broad SMARTS) is 1. The highest BCUT2D eigenvalue weighted by Crippen LogP contribution is 2.43. The van der Waals surface area contributed by atoms with Crippen LogP contribution in [0.25, 0.3) is 0 Å². The van der Waals surface area contributed by atoms with E-state index in [1.807, 2.05) is 0 Å². The summed E-state index contributed by atoms with van der Waals surface area (Å²) in [5, 5.41) is 21.8. The van der Waals surface area contributed by atoms with Crippen LogP contribution in [0.3, 0.4) is 0 Å². The van der Waals surface area contributed by atoms with Crippen molar-refractivity contribution in [2.75, 3.05) is 19.8 Å². The zero-order valence-corrected chi connectivity index (χ0v) is 36.1. The van der Waals surface area contributed by atoms with Crippen molar-refractivity contribution in [3.8, 4) is 0 Å². The summed E-state index contributed by atoms with van der Waals surface area (Å²) in [6.45, 7) is 2.55. The lowest BCUT2D eigenvalue weighted by molar-refractivity contribution is -0.147. The minimum absolute atomic E-state index is 0.129. The Balaban J connectivity index is 3.93. The molecule has 0 saturated heterocycles. The fourth-order valence-electron chi connectivity index (χ4n) is 5.93. The molecule has 0 saturated carbocycles. The van der Waals surface area contributed by atoms with E-state index in [0.29, 0.717) is 12.8 Å². The van der Waals surface area contributed by atoms with E-state index >= 15 is 0 Å². The van der Waals surface area contributed by atoms with Gasteiger partial charge in [-0.15, -0.1) is 0 Å². The maximum atomic E-state index is 12.3. The number of aliphatic carboxylic acids is 1. The number of nitrogens with one attached hydrogen (secondary N) is 1. The molecule has 12 heteroatoms. The summed E-state index contributed by atoms with van der Waals surface area (Å²) in [6.07, 6.45) is 41.6. The van der Waals surface area contributed by atoms with Gasteiger partial charge in [-0.2, -0.15) is 0 Å². The fourth-order valence-corrected chi connectivity index (χ4v) is 6.70. The number of hydrogen-bond donors (Lipinski definition) is 4. The number of amides is 1. The standard InChI is InChI=1S/C44H80NO10P/c1-3-5-7-9-11-13-15-17-19-21-23-25-27-29-31-33-35-42(47)45-41(44(49)50)39-55-56(51,52)54-38-40(46)37-53-43(48)36-34-32-30-28-26-24-22-20-18-16-14-12-10-8-6-4-2/h13,15,19-22,40-41,46H,3-12,14,16-18,23-39H2,1-2H3,(H,45,47)(H,49,50)(H,51,52)/b15-13-,21-19-,22-20-. The van der Waals surface area contributed by atoms with Crippen molar-refractivity contribution in [1.29, 1.82) is 0 Å². The molecule has 3 unspecified atom stereocenters. The van der Waals surface area contributed by atoms with Crippen LogP contribution in [-0.2, 0) is 32.7 Å². The number of esters is 1. The van der Waals surface area contributed by atoms with Crippen LogP contribution in [0.2, 0.25) is 0 Å². The van der Waals surface area contributed by atoms with Crippen LogP contribution in [0, 0.1) is 0 Å². The summed E-state index contributed by atoms with van der Waals surface area (Å²) >= 11 is 0. The molecule has 0 aliphatic heterocycles. The van der Waals surface area contributed by atoms with Crippen molar-refractivity contribution in [1.82, 2.24) is 5.32 Å². The lowest BCUT2D eigenvalue weighted by Gasteiger charge is -2.18. The smallest absolute Gasteiger partial charge is 0.472 e. The lowest BCUT2D eigenvalue weighted by atomic mass is 10.1. The van der Waals surface area contributed by atoms with E-state index in [-0.39, 0.29) is 12.8 Å². The number of hydrogen-bond acceptors (Lipinski definition) is 8. The van der Waals surface area contributed by atoms with Gasteiger partial charge >= 0.3 is 19.8 Å². The van der Waals surface area contributed by atoms with Crippen LogP contribution in [0.5, 0.6) is 0 Å². The molecule has 0 aromatic rings. The summed E-state index contributed by atoms with van der Waals surface area (Å²) in [5.74, 6) is -2.40. The van der Waals surface area contributed by atoms with Crippen molar-refractivity contribution in [2.45, 2.75) is 206 Å². The number of rotatable bonds is 41. The third-order valence-electron chi connectivity index (χ3n) is 9.40. The van der Waals surface area contributed by atoms with Gasteiger partial charge in [-0.3, -0.25) is 18.6 Å². The van der Waals surface area contributed by atoms with Crippen molar-refractivity contribution in [2.24, 2.45) is 0 Å². The average Bonchev–Trinajstić information content (AvgIpc) is 3.17. The van der Waals surface area contributed by atoms with Gasteiger partial charge in [0.05, 0.1) is 13.2 Å². The van der Waals surface area contributed by atoms with Gasteiger partial charge in [0.1, 0.15) is 12.7 Å². The Morgan fingerprint density at radius 2 is 0.982 bits per heavy atom. The van der Waals surface area contributed by atoms with Gasteiger partial charge in [0.2, 0.25) is 5.91 Å². The number of aliphatic hydroxyl groups excluding tert-OH is 1. The minimum atomic E-state index is -4.76. The Bertz CT molecular complexity index is 1100. The molecule has 11 nitrogen and oxygen atoms in total. The van der Waals surface area contributed by atoms with Crippen LogP contribution in [0.4, 0.5) is 0 Å². The number of phosphoric ester groups is 1. The molecule has 4 N–H and O–H groups in total. The molecule has 0 aliphatic rings. The Morgan fingerprint density at radius 3 is 1.48 bits per heavy atom. The van der Waals surface area contributed by atoms with E-state index in [1.165, 1.54) is 70.6 Å². The molecule has 0 spiro atoms. The van der Waals surface area contributed by atoms with Crippen LogP contribution in [0.1, 0.15) is 194 Å². The van der Waals surface area contributed by atoms with E-state index in [9.17, 15) is 34.1 Å². The molecule has 0 fully saturated rings. The molecule has 0 bridgehead atoms. The van der Waals surface area contributed by atoms with Gasteiger partial charge in [0.25, 0.3) is 0 Å². The first-order valence-electron chi connectivity index (χ1n) is 22.0. The van der Waals surface area contributed by atoms with Gasteiger partial charge in [-0.1, -0.05) is 147 Å². The number of unbranched alkanes of at least 4 members (excludes halogenated alkanes) is 21. The Hall–Kier alpha value is -2.30. The lowest BCUT2D eigenvalue weighted by Crippen LogP contribution is -2.43. The van der Waals surface area contributed by atoms with E-state index in [1.54, 1.807) is 0 Å². The normalized spacial score (nSPS) is 14.1. The summed E-state index contributed by atoms with van der Waals surface area (Å²) in [4.78, 5) is 45.9. The summed E-state index contributed by atoms with van der Waals surface area (Å²) < 4.78 is 26.8. The number of ether oxygens (including phenoxy) is 1. The highest BCUT2D eigenvalue weighted by Gasteiger charge is 2.28. The maximum Gasteiger partial charge on any atom is 0.472 e. The second-order valence-electron chi connectivity index (χ2n) is 14.9. The number of aliphatic hydroxyl groups is 1. The SMILES string of the molecule is CCCCCC/C=C\C/C=C\CCCCCCCC(=O)NC(COP(=O)(O)OCC(O)COC(=O)CCCCCCC/C=C\CCCCCCCCC)C(=O)O. The molecule has 326 valence electrons. The molecule has 1 amide bonds. The zero-order valence-electron chi connectivity index (χ0n) is 35.2. The second kappa shape index (κ2) is 39.5. The summed E-state index contributed by atoms with van der Waals surface area (Å²) in [5.41, 5.74) is 0. The molecule has 0 heterocycles. The van der Waals surface area contributed by atoms with Crippen molar-refractivity contribution in [3.05, 3.63) is 36.5 Å². The van der Waals surface area contributed by atoms with E-state index in [4.69, 9.17) is 13.8 Å². The predicted molar refractivity (Wildman–Crippen MR) is 226 cm³/mol. The zero-order chi connectivity index (χ0) is 41.4. The van der Waals surface area contributed by atoms with Crippen LogP contribution in [0.15, 0.2) is 36.5 Å². The third kappa shape index (κ3) is 38.6. The number of carbonyl (C=O) groups excluding carboxylic acids is 2. The maximum absolute atomic E-state index is 12.3. The van der Waals surface area contributed by atoms with Gasteiger partial charge in [-0.05, 0) is 70.6 Å². The van der Waals surface area contributed by atoms with E-state index < -0.39 is 57.6 Å². The van der Waals surface area contributed by atoms with Crippen LogP contribution >= 0.6 is 7.82 Å². The largest absolute Gasteiger partial charge is 0.480 e. The van der Waals surface area contributed by atoms with Gasteiger partial charge in [0.15, 0.2) is 6.04 Å². The van der Waals surface area contributed by atoms with E-state index in [2.05, 4.69) is 55.6 Å². The average molecular weight is 814 g/mol. The van der Waals surface area contributed by atoms with Crippen LogP contribution < -0.4 is 5.32 Å². The highest BCUT2D eigenvalue weighted by atomic mass is 31.2. The Labute approximate surface area is 340 Å². The molecule has 0 rings (SSSR count). The minimum Gasteiger partial charge on any atom is -0.480 e.